The summed E-state index contributed by atoms with van der Waals surface area (Å²) in [6.07, 6.45) is -0.0492. The van der Waals surface area contributed by atoms with Gasteiger partial charge in [-0.2, -0.15) is 0 Å². The van der Waals surface area contributed by atoms with Crippen molar-refractivity contribution in [2.24, 2.45) is 0 Å². The van der Waals surface area contributed by atoms with Gasteiger partial charge in [-0.3, -0.25) is 9.59 Å². The highest BCUT2D eigenvalue weighted by atomic mass is 32.1. The van der Waals surface area contributed by atoms with Gasteiger partial charge in [0.2, 0.25) is 0 Å². The second-order valence-electron chi connectivity index (χ2n) is 5.93. The van der Waals surface area contributed by atoms with Crippen molar-refractivity contribution in [3.05, 3.63) is 33.2 Å². The molecule has 2 N–H and O–H groups in total. The summed E-state index contributed by atoms with van der Waals surface area (Å²) in [6, 6.07) is 2.51. The van der Waals surface area contributed by atoms with Crippen molar-refractivity contribution in [1.82, 2.24) is 10.6 Å². The summed E-state index contributed by atoms with van der Waals surface area (Å²) in [5.41, 5.74) is 0.382. The average Bonchev–Trinajstić information content (AvgIpc) is 3.04. The molecule has 0 radical (unpaired) electrons. The van der Waals surface area contributed by atoms with Gasteiger partial charge < -0.3 is 20.1 Å². The minimum absolute atomic E-state index is 0.0346. The fraction of sp³-hybridized carbons (Fsp3) is 0.444. The van der Waals surface area contributed by atoms with Gasteiger partial charge in [0.1, 0.15) is 6.61 Å². The highest BCUT2D eigenvalue weighted by Crippen LogP contribution is 2.18. The van der Waals surface area contributed by atoms with E-state index in [0.29, 0.717) is 4.88 Å². The highest BCUT2D eigenvalue weighted by molar-refractivity contribution is 7.14. The third-order valence-corrected chi connectivity index (χ3v) is 4.86. The summed E-state index contributed by atoms with van der Waals surface area (Å²) in [4.78, 5) is 49.3. The van der Waals surface area contributed by atoms with Crippen LogP contribution in [0.5, 0.6) is 0 Å². The van der Waals surface area contributed by atoms with Crippen molar-refractivity contribution in [2.75, 3.05) is 13.2 Å². The lowest BCUT2D eigenvalue weighted by Crippen LogP contribution is -2.50. The molecule has 9 heteroatoms. The van der Waals surface area contributed by atoms with E-state index >= 15 is 0 Å². The zero-order valence-corrected chi connectivity index (χ0v) is 16.2. The molecule has 1 aliphatic rings. The maximum Gasteiger partial charge on any atom is 0.338 e. The number of amides is 2. The van der Waals surface area contributed by atoms with Gasteiger partial charge in [-0.25, -0.2) is 9.59 Å². The number of hydrogen-bond donors (Lipinski definition) is 2. The SMILES string of the molecule is CCOC(=O)C1=C(COC(=O)CCC(=O)c2ccc(C)s2)NC(=O)NC1C. The van der Waals surface area contributed by atoms with Gasteiger partial charge in [0.15, 0.2) is 5.78 Å². The summed E-state index contributed by atoms with van der Waals surface area (Å²) in [7, 11) is 0. The number of carbonyl (C=O) groups is 4. The summed E-state index contributed by atoms with van der Waals surface area (Å²) in [5, 5.41) is 5.03. The van der Waals surface area contributed by atoms with E-state index in [4.69, 9.17) is 9.47 Å². The molecular formula is C18H22N2O6S. The van der Waals surface area contributed by atoms with Gasteiger partial charge in [-0.05, 0) is 32.9 Å². The molecule has 1 atom stereocenters. The third kappa shape index (κ3) is 5.65. The van der Waals surface area contributed by atoms with Gasteiger partial charge in [0.25, 0.3) is 0 Å². The van der Waals surface area contributed by atoms with Crippen LogP contribution in [-0.2, 0) is 19.1 Å². The molecule has 2 heterocycles. The van der Waals surface area contributed by atoms with Gasteiger partial charge in [0, 0.05) is 11.3 Å². The molecule has 2 amide bonds. The monoisotopic (exact) mass is 394 g/mol. The Balaban J connectivity index is 1.94. The fourth-order valence-electron chi connectivity index (χ4n) is 2.54. The molecule has 0 aromatic carbocycles. The molecule has 0 aliphatic carbocycles. The molecule has 1 aliphatic heterocycles. The Morgan fingerprint density at radius 3 is 2.56 bits per heavy atom. The van der Waals surface area contributed by atoms with Crippen LogP contribution in [0.15, 0.2) is 23.4 Å². The predicted octanol–water partition coefficient (Wildman–Crippen LogP) is 2.08. The first kappa shape index (κ1) is 20.6. The molecule has 0 saturated carbocycles. The molecule has 2 rings (SSSR count). The average molecular weight is 394 g/mol. The van der Waals surface area contributed by atoms with E-state index in [9.17, 15) is 19.2 Å². The van der Waals surface area contributed by atoms with Gasteiger partial charge >= 0.3 is 18.0 Å². The molecule has 27 heavy (non-hydrogen) atoms. The van der Waals surface area contributed by atoms with E-state index in [1.54, 1.807) is 19.9 Å². The molecule has 146 valence electrons. The van der Waals surface area contributed by atoms with Crippen LogP contribution in [0.4, 0.5) is 4.79 Å². The van der Waals surface area contributed by atoms with Crippen LogP contribution in [0.2, 0.25) is 0 Å². The molecule has 1 aromatic heterocycles. The number of ether oxygens (including phenoxy) is 2. The van der Waals surface area contributed by atoms with Crippen molar-refractivity contribution < 1.29 is 28.7 Å². The normalized spacial score (nSPS) is 16.4. The minimum Gasteiger partial charge on any atom is -0.463 e. The lowest BCUT2D eigenvalue weighted by atomic mass is 10.0. The molecule has 1 aromatic rings. The molecule has 8 nitrogen and oxygen atoms in total. The highest BCUT2D eigenvalue weighted by Gasteiger charge is 2.30. The Morgan fingerprint density at radius 2 is 1.93 bits per heavy atom. The quantitative estimate of drug-likeness (QED) is 0.516. The van der Waals surface area contributed by atoms with Crippen molar-refractivity contribution >= 4 is 35.1 Å². The second-order valence-corrected chi connectivity index (χ2v) is 7.21. The number of Topliss-reactive ketones (excluding diaryl/α,β-unsaturated/α-hetero) is 1. The number of thiophene rings is 1. The maximum absolute atomic E-state index is 12.1. The Bertz CT molecular complexity index is 783. The number of urea groups is 1. The minimum atomic E-state index is -0.591. The largest absolute Gasteiger partial charge is 0.463 e. The number of aryl methyl sites for hydroxylation is 1. The Morgan fingerprint density at radius 1 is 1.19 bits per heavy atom. The van der Waals surface area contributed by atoms with E-state index in [2.05, 4.69) is 10.6 Å². The molecule has 1 unspecified atom stereocenters. The summed E-state index contributed by atoms with van der Waals surface area (Å²) < 4.78 is 10.1. The number of esters is 2. The van der Waals surface area contributed by atoms with Gasteiger partial charge in [-0.1, -0.05) is 0 Å². The summed E-state index contributed by atoms with van der Waals surface area (Å²) in [5.74, 6) is -1.31. The lowest BCUT2D eigenvalue weighted by Gasteiger charge is -2.26. The summed E-state index contributed by atoms with van der Waals surface area (Å²) in [6.45, 7) is 5.11. The van der Waals surface area contributed by atoms with Crippen molar-refractivity contribution in [1.29, 1.82) is 0 Å². The molecule has 0 fully saturated rings. The van der Waals surface area contributed by atoms with E-state index < -0.39 is 24.0 Å². The van der Waals surface area contributed by atoms with Gasteiger partial charge in [-0.15, -0.1) is 11.3 Å². The Kier molecular flexibility index (Phi) is 7.12. The first-order valence-electron chi connectivity index (χ1n) is 8.54. The van der Waals surface area contributed by atoms with Crippen molar-refractivity contribution in [3.63, 3.8) is 0 Å². The van der Waals surface area contributed by atoms with E-state index in [0.717, 1.165) is 4.88 Å². The van der Waals surface area contributed by atoms with Crippen LogP contribution < -0.4 is 10.6 Å². The van der Waals surface area contributed by atoms with Crippen molar-refractivity contribution in [2.45, 2.75) is 39.7 Å². The van der Waals surface area contributed by atoms with E-state index in [1.165, 1.54) is 11.3 Å². The zero-order chi connectivity index (χ0) is 20.0. The number of hydrogen-bond acceptors (Lipinski definition) is 7. The van der Waals surface area contributed by atoms with E-state index in [1.807, 2.05) is 13.0 Å². The first-order chi connectivity index (χ1) is 12.8. The van der Waals surface area contributed by atoms with Crippen LogP contribution in [0.3, 0.4) is 0 Å². The topological polar surface area (TPSA) is 111 Å². The van der Waals surface area contributed by atoms with Crippen LogP contribution in [-0.4, -0.2) is 43.0 Å². The molecule has 0 saturated heterocycles. The Labute approximate surface area is 160 Å². The van der Waals surface area contributed by atoms with Gasteiger partial charge in [0.05, 0.1) is 35.2 Å². The smallest absolute Gasteiger partial charge is 0.338 e. The summed E-state index contributed by atoms with van der Waals surface area (Å²) >= 11 is 1.38. The van der Waals surface area contributed by atoms with E-state index in [-0.39, 0.29) is 43.1 Å². The molecule has 0 bridgehead atoms. The fourth-order valence-corrected chi connectivity index (χ4v) is 3.38. The maximum atomic E-state index is 12.1. The Hall–Kier alpha value is -2.68. The van der Waals surface area contributed by atoms with Crippen LogP contribution in [0, 0.1) is 6.92 Å². The zero-order valence-electron chi connectivity index (χ0n) is 15.4. The second kappa shape index (κ2) is 9.31. The molecule has 0 spiro atoms. The number of ketones is 1. The number of nitrogens with one attached hydrogen (secondary N) is 2. The first-order valence-corrected chi connectivity index (χ1v) is 9.36. The number of rotatable bonds is 8. The van der Waals surface area contributed by atoms with Crippen LogP contribution >= 0.6 is 11.3 Å². The third-order valence-electron chi connectivity index (χ3n) is 3.81. The predicted molar refractivity (Wildman–Crippen MR) is 98.4 cm³/mol. The number of carbonyl (C=O) groups excluding carboxylic acids is 4. The van der Waals surface area contributed by atoms with Crippen LogP contribution in [0.25, 0.3) is 0 Å². The van der Waals surface area contributed by atoms with Crippen molar-refractivity contribution in [3.8, 4) is 0 Å². The standard InChI is InChI=1S/C18H22N2O6S/c1-4-25-17(23)16-11(3)19-18(24)20-12(16)9-26-15(22)8-6-13(21)14-7-5-10(2)27-14/h5,7,11H,4,6,8-9H2,1-3H3,(H2,19,20,24). The van der Waals surface area contributed by atoms with Crippen LogP contribution in [0.1, 0.15) is 41.2 Å². The molecular weight excluding hydrogens is 372 g/mol. The lowest BCUT2D eigenvalue weighted by molar-refractivity contribution is -0.143.